The number of alkyl halides is 7. The van der Waals surface area contributed by atoms with Crippen molar-refractivity contribution in [2.75, 3.05) is 17.3 Å². The molecule has 0 spiro atoms. The normalized spacial score (nSPS) is 12.7. The molecule has 1 rings (SSSR count). The number of nitrogen functional groups attached to an aromatic ring is 1. The van der Waals surface area contributed by atoms with Gasteiger partial charge in [0.1, 0.15) is 11.6 Å². The van der Waals surface area contributed by atoms with Crippen molar-refractivity contribution >= 4 is 11.6 Å². The predicted octanol–water partition coefficient (Wildman–Crippen LogP) is 2.09. The highest BCUT2D eigenvalue weighted by molar-refractivity contribution is 5.47. The van der Waals surface area contributed by atoms with Gasteiger partial charge < -0.3 is 10.7 Å². The van der Waals surface area contributed by atoms with Gasteiger partial charge in [-0.05, 0) is 0 Å². The molecule has 0 aromatic carbocycles. The van der Waals surface area contributed by atoms with Gasteiger partial charge in [-0.1, -0.05) is 0 Å². The monoisotopic (exact) mass is 307 g/mol. The maximum absolute atomic E-state index is 12.6. The van der Waals surface area contributed by atoms with Crippen LogP contribution in [0.3, 0.4) is 0 Å². The summed E-state index contributed by atoms with van der Waals surface area (Å²) in [5, 5.41) is 1.68. The third-order valence-corrected chi connectivity index (χ3v) is 1.95. The number of hydrogen-bond donors (Lipinski definition) is 3. The van der Waals surface area contributed by atoms with Gasteiger partial charge in [0.2, 0.25) is 5.82 Å². The molecule has 0 aliphatic heterocycles. The molecular weight excluding hydrogens is 299 g/mol. The van der Waals surface area contributed by atoms with Crippen LogP contribution >= 0.6 is 0 Å². The van der Waals surface area contributed by atoms with E-state index in [9.17, 15) is 30.7 Å². The first kappa shape index (κ1) is 16.2. The molecule has 114 valence electrons. The molecule has 20 heavy (non-hydrogen) atoms. The quantitative estimate of drug-likeness (QED) is 0.441. The molecule has 0 atom stereocenters. The van der Waals surface area contributed by atoms with Crippen LogP contribution in [0.15, 0.2) is 6.07 Å². The third-order valence-electron chi connectivity index (χ3n) is 1.95. The van der Waals surface area contributed by atoms with E-state index in [2.05, 4.69) is 9.97 Å². The lowest BCUT2D eigenvalue weighted by atomic mass is 10.3. The fourth-order valence-electron chi connectivity index (χ4n) is 1.02. The first-order valence-corrected chi connectivity index (χ1v) is 4.89. The van der Waals surface area contributed by atoms with E-state index in [1.54, 1.807) is 10.7 Å². The highest BCUT2D eigenvalue weighted by Crippen LogP contribution is 2.29. The summed E-state index contributed by atoms with van der Waals surface area (Å²) in [5.41, 5.74) is 1.77. The Morgan fingerprint density at radius 3 is 2.10 bits per heavy atom. The maximum Gasteiger partial charge on any atom is 0.451 e. The maximum atomic E-state index is 12.6. The fourth-order valence-corrected chi connectivity index (χ4v) is 1.02. The minimum atomic E-state index is -4.95. The molecule has 0 aliphatic rings. The summed E-state index contributed by atoms with van der Waals surface area (Å²) in [6.45, 7) is -1.59. The van der Waals surface area contributed by atoms with Crippen LogP contribution in [0, 0.1) is 0 Å². The molecule has 1 heterocycles. The third kappa shape index (κ3) is 4.08. The Balaban J connectivity index is 2.96. The molecule has 1 aromatic rings. The average Bonchev–Trinajstić information content (AvgIpc) is 2.34. The number of nitrogens with two attached hydrogens (primary N) is 1. The van der Waals surface area contributed by atoms with Gasteiger partial charge in [0.05, 0.1) is 6.54 Å². The first-order chi connectivity index (χ1) is 9.06. The Hall–Kier alpha value is -1.85. The van der Waals surface area contributed by atoms with E-state index in [1.807, 2.05) is 0 Å². The molecule has 0 bridgehead atoms. The average molecular weight is 307 g/mol. The topological polar surface area (TPSA) is 75.9 Å². The summed E-state index contributed by atoms with van der Waals surface area (Å²) in [6, 6.07) is 0.761. The van der Waals surface area contributed by atoms with Gasteiger partial charge in [-0.15, -0.1) is 0 Å². The number of hydrazine groups is 1. The molecule has 0 radical (unpaired) electrons. The van der Waals surface area contributed by atoms with Gasteiger partial charge in [0, 0.05) is 6.07 Å². The Bertz CT molecular complexity index is 461. The van der Waals surface area contributed by atoms with Crippen LogP contribution in [0.2, 0.25) is 0 Å². The predicted molar refractivity (Wildman–Crippen MR) is 54.3 cm³/mol. The van der Waals surface area contributed by atoms with Crippen molar-refractivity contribution in [3.05, 3.63) is 11.9 Å². The second kappa shape index (κ2) is 5.64. The Kier molecular flexibility index (Phi) is 4.57. The van der Waals surface area contributed by atoms with Gasteiger partial charge in [-0.25, -0.2) is 24.6 Å². The highest BCUT2D eigenvalue weighted by atomic mass is 19.4. The summed E-state index contributed by atoms with van der Waals surface area (Å²) in [6.07, 6.45) is -8.92. The van der Waals surface area contributed by atoms with Crippen LogP contribution < -0.4 is 16.6 Å². The molecule has 0 unspecified atom stereocenters. The van der Waals surface area contributed by atoms with Crippen molar-refractivity contribution in [3.63, 3.8) is 0 Å². The minimum Gasteiger partial charge on any atom is -0.364 e. The summed E-state index contributed by atoms with van der Waals surface area (Å²) < 4.78 is 86.2. The standard InChI is InChI=1S/C8H8F7N5/c9-5(10)7(11,12)2-17-3-1-4(20-16)19-6(18-3)8(13,14)15/h1,5H,2,16H2,(H2,17,18,19,20). The lowest BCUT2D eigenvalue weighted by Gasteiger charge is -2.17. The lowest BCUT2D eigenvalue weighted by Crippen LogP contribution is -2.35. The smallest absolute Gasteiger partial charge is 0.364 e. The van der Waals surface area contributed by atoms with E-state index in [1.165, 1.54) is 0 Å². The van der Waals surface area contributed by atoms with Crippen molar-refractivity contribution in [2.45, 2.75) is 18.5 Å². The highest BCUT2D eigenvalue weighted by Gasteiger charge is 2.41. The summed E-state index contributed by atoms with van der Waals surface area (Å²) in [4.78, 5) is 5.85. The SMILES string of the molecule is NNc1cc(NCC(F)(F)C(F)F)nc(C(F)(F)F)n1. The zero-order valence-electron chi connectivity index (χ0n) is 9.48. The van der Waals surface area contributed by atoms with Gasteiger partial charge in [0.15, 0.2) is 0 Å². The zero-order valence-corrected chi connectivity index (χ0v) is 9.48. The number of nitrogens with zero attached hydrogens (tertiary/aromatic N) is 2. The van der Waals surface area contributed by atoms with Gasteiger partial charge in [-0.3, -0.25) is 0 Å². The van der Waals surface area contributed by atoms with Crippen molar-refractivity contribution in [3.8, 4) is 0 Å². The molecule has 4 N–H and O–H groups in total. The van der Waals surface area contributed by atoms with Crippen LogP contribution in [0.5, 0.6) is 0 Å². The van der Waals surface area contributed by atoms with E-state index in [0.29, 0.717) is 0 Å². The summed E-state index contributed by atoms with van der Waals surface area (Å²) >= 11 is 0. The second-order valence-electron chi connectivity index (χ2n) is 3.52. The van der Waals surface area contributed by atoms with E-state index in [-0.39, 0.29) is 0 Å². The molecule has 0 aliphatic carbocycles. The fraction of sp³-hybridized carbons (Fsp3) is 0.500. The van der Waals surface area contributed by atoms with E-state index in [0.717, 1.165) is 6.07 Å². The Morgan fingerprint density at radius 1 is 1.10 bits per heavy atom. The molecule has 0 saturated carbocycles. The number of anilines is 2. The van der Waals surface area contributed by atoms with Gasteiger partial charge in [0.25, 0.3) is 0 Å². The molecule has 0 amide bonds. The molecule has 0 fully saturated rings. The minimum absolute atomic E-state index is 0.518. The number of hydrogen-bond acceptors (Lipinski definition) is 5. The number of halogens is 7. The van der Waals surface area contributed by atoms with E-state index < -0.39 is 42.5 Å². The molecule has 1 aromatic heterocycles. The second-order valence-corrected chi connectivity index (χ2v) is 3.52. The van der Waals surface area contributed by atoms with Crippen LogP contribution in [0.25, 0.3) is 0 Å². The Labute approximate surface area is 107 Å². The van der Waals surface area contributed by atoms with E-state index >= 15 is 0 Å². The molecule has 0 saturated heterocycles. The van der Waals surface area contributed by atoms with E-state index in [4.69, 9.17) is 5.84 Å². The number of aromatic nitrogens is 2. The van der Waals surface area contributed by atoms with Gasteiger partial charge in [-0.2, -0.15) is 22.0 Å². The first-order valence-electron chi connectivity index (χ1n) is 4.89. The largest absolute Gasteiger partial charge is 0.451 e. The zero-order chi connectivity index (χ0) is 15.6. The van der Waals surface area contributed by atoms with Crippen LogP contribution in [0.1, 0.15) is 5.82 Å². The van der Waals surface area contributed by atoms with Crippen molar-refractivity contribution < 1.29 is 30.7 Å². The van der Waals surface area contributed by atoms with Crippen LogP contribution in [-0.4, -0.2) is 28.9 Å². The summed E-state index contributed by atoms with van der Waals surface area (Å²) in [5.74, 6) is -2.46. The molecule has 5 nitrogen and oxygen atoms in total. The number of nitrogens with one attached hydrogen (secondary N) is 2. The van der Waals surface area contributed by atoms with Crippen LogP contribution in [0.4, 0.5) is 42.4 Å². The lowest BCUT2D eigenvalue weighted by molar-refractivity contribution is -0.144. The summed E-state index contributed by atoms with van der Waals surface area (Å²) in [7, 11) is 0. The van der Waals surface area contributed by atoms with Crippen LogP contribution in [-0.2, 0) is 6.18 Å². The van der Waals surface area contributed by atoms with Gasteiger partial charge >= 0.3 is 18.5 Å². The number of rotatable bonds is 5. The Morgan fingerprint density at radius 2 is 1.65 bits per heavy atom. The van der Waals surface area contributed by atoms with Crippen molar-refractivity contribution in [2.24, 2.45) is 5.84 Å². The molecule has 12 heteroatoms. The van der Waals surface area contributed by atoms with Crippen molar-refractivity contribution in [1.29, 1.82) is 0 Å². The van der Waals surface area contributed by atoms with Crippen molar-refractivity contribution in [1.82, 2.24) is 9.97 Å². The molecular formula is C8H8F7N5.